The molecule has 43 heavy (non-hydrogen) atoms. The monoisotopic (exact) mass is 590 g/mol. The van der Waals surface area contributed by atoms with Gasteiger partial charge in [-0.2, -0.15) is 0 Å². The molecule has 1 aliphatic heterocycles. The number of phenolic OH excluding ortho intramolecular Hbond substituents is 1. The highest BCUT2D eigenvalue weighted by atomic mass is 16.5. The van der Waals surface area contributed by atoms with Crippen LogP contribution < -0.4 is 10.2 Å². The van der Waals surface area contributed by atoms with Crippen LogP contribution in [0.1, 0.15) is 96.8 Å². The molecule has 0 radical (unpaired) electrons. The lowest BCUT2D eigenvalue weighted by molar-refractivity contribution is -0.148. The molecule has 0 amide bonds. The molecule has 232 valence electrons. The van der Waals surface area contributed by atoms with Gasteiger partial charge in [-0.25, -0.2) is 0 Å². The van der Waals surface area contributed by atoms with Crippen LogP contribution in [-0.2, 0) is 20.7 Å². The van der Waals surface area contributed by atoms with Gasteiger partial charge in [-0.15, -0.1) is 0 Å². The molecule has 7 atom stereocenters. The molecule has 0 saturated heterocycles. The third kappa shape index (κ3) is 5.21. The van der Waals surface area contributed by atoms with Gasteiger partial charge in [-0.05, 0) is 87.4 Å². The fraction of sp³-hybridized carbons (Fsp3) is 0.639. The molecular weight excluding hydrogens is 544 g/mol. The Hall–Kier alpha value is -3.09. The van der Waals surface area contributed by atoms with Gasteiger partial charge in [-0.3, -0.25) is 14.4 Å². The van der Waals surface area contributed by atoms with Crippen LogP contribution in [0.5, 0.6) is 11.5 Å². The van der Waals surface area contributed by atoms with Crippen molar-refractivity contribution in [1.82, 2.24) is 0 Å². The van der Waals surface area contributed by atoms with Crippen molar-refractivity contribution < 1.29 is 28.6 Å². The molecule has 1 aromatic carbocycles. The summed E-state index contributed by atoms with van der Waals surface area (Å²) in [6.07, 6.45) is 12.5. The number of hydrogen-bond acceptors (Lipinski definition) is 7. The zero-order valence-electron chi connectivity index (χ0n) is 26.3. The Morgan fingerprint density at radius 3 is 2.53 bits per heavy atom. The van der Waals surface area contributed by atoms with E-state index >= 15 is 0 Å². The van der Waals surface area contributed by atoms with Crippen LogP contribution in [0.25, 0.3) is 11.0 Å². The second-order valence-corrected chi connectivity index (χ2v) is 14.4. The van der Waals surface area contributed by atoms with E-state index in [1.54, 1.807) is 13.0 Å². The number of ketones is 1. The largest absolute Gasteiger partial charge is 0.507 e. The summed E-state index contributed by atoms with van der Waals surface area (Å²) in [7, 11) is 0. The number of aryl methyl sites for hydroxylation is 1. The number of Topliss-reactive ketones (excluding diaryl/α,β-unsaturated/α-hetero) is 1. The first-order valence-electron chi connectivity index (χ1n) is 16.2. The highest BCUT2D eigenvalue weighted by Gasteiger charge is 2.58. The Bertz CT molecular complexity index is 1530. The Morgan fingerprint density at radius 2 is 1.77 bits per heavy atom. The van der Waals surface area contributed by atoms with Crippen molar-refractivity contribution in [1.29, 1.82) is 0 Å². The SMILES string of the molecule is CC(=O)OC1CCC2(C)C(=CCC3C4CCC(=O)C4(C)CCC32)C1.Cc1cc(=O)c2c(O)c3c(cc2o1)OCC(C)CC3. The molecule has 3 saturated carbocycles. The van der Waals surface area contributed by atoms with Crippen LogP contribution in [0.2, 0.25) is 0 Å². The minimum atomic E-state index is -0.212. The smallest absolute Gasteiger partial charge is 0.302 e. The van der Waals surface area contributed by atoms with Crippen LogP contribution in [0.4, 0.5) is 0 Å². The number of ether oxygens (including phenoxy) is 2. The van der Waals surface area contributed by atoms with Gasteiger partial charge in [0, 0.05) is 42.9 Å². The van der Waals surface area contributed by atoms with Crippen LogP contribution in [0, 0.1) is 41.4 Å². The third-order valence-electron chi connectivity index (χ3n) is 11.7. The number of aromatic hydroxyl groups is 1. The number of phenols is 1. The average Bonchev–Trinajstić information content (AvgIpc) is 3.12. The van der Waals surface area contributed by atoms with Crippen LogP contribution in [0.15, 0.2) is 33.0 Å². The van der Waals surface area contributed by atoms with E-state index in [1.165, 1.54) is 25.0 Å². The number of allylic oxidation sites excluding steroid dienone is 1. The van der Waals surface area contributed by atoms with Gasteiger partial charge in [0.2, 0.25) is 0 Å². The summed E-state index contributed by atoms with van der Waals surface area (Å²) < 4.78 is 16.7. The summed E-state index contributed by atoms with van der Waals surface area (Å²) in [6.45, 7) is 10.6. The summed E-state index contributed by atoms with van der Waals surface area (Å²) in [4.78, 5) is 35.7. The Labute approximate surface area is 254 Å². The minimum Gasteiger partial charge on any atom is -0.507 e. The second kappa shape index (κ2) is 11.1. The maximum Gasteiger partial charge on any atom is 0.302 e. The average molecular weight is 591 g/mol. The van der Waals surface area contributed by atoms with Crippen molar-refractivity contribution in [3.63, 3.8) is 0 Å². The summed E-state index contributed by atoms with van der Waals surface area (Å²) in [5.41, 5.74) is 2.62. The lowest BCUT2D eigenvalue weighted by atomic mass is 9.48. The fourth-order valence-corrected chi connectivity index (χ4v) is 9.25. The van der Waals surface area contributed by atoms with E-state index in [0.717, 1.165) is 51.4 Å². The van der Waals surface area contributed by atoms with Crippen LogP contribution >= 0.6 is 0 Å². The number of benzene rings is 1. The van der Waals surface area contributed by atoms with E-state index in [-0.39, 0.29) is 39.5 Å². The lowest BCUT2D eigenvalue weighted by Crippen LogP contribution is -2.50. The number of carbonyl (C=O) groups excluding carboxylic acids is 2. The fourth-order valence-electron chi connectivity index (χ4n) is 9.25. The molecule has 1 aromatic heterocycles. The van der Waals surface area contributed by atoms with Crippen molar-refractivity contribution in [2.45, 2.75) is 105 Å². The lowest BCUT2D eigenvalue weighted by Gasteiger charge is -2.56. The van der Waals surface area contributed by atoms with Crippen molar-refractivity contribution >= 4 is 22.7 Å². The maximum absolute atomic E-state index is 12.4. The number of fused-ring (bicyclic) bond motifs is 7. The van der Waals surface area contributed by atoms with Gasteiger partial charge in [0.05, 0.1) is 6.61 Å². The van der Waals surface area contributed by atoms with Crippen molar-refractivity contribution in [3.05, 3.63) is 45.3 Å². The normalized spacial score (nSPS) is 34.7. The topological polar surface area (TPSA) is 103 Å². The van der Waals surface area contributed by atoms with E-state index in [2.05, 4.69) is 26.8 Å². The number of carbonyl (C=O) groups is 2. The van der Waals surface area contributed by atoms with Crippen molar-refractivity contribution in [2.24, 2.45) is 34.5 Å². The highest BCUT2D eigenvalue weighted by Crippen LogP contribution is 2.64. The maximum atomic E-state index is 12.4. The van der Waals surface area contributed by atoms with Crippen LogP contribution in [0.3, 0.4) is 0 Å². The standard InChI is InChI=1S/C21H30O3.C15H16O4/c1-13(22)24-15-8-10-20(2)14(12-15)4-5-16-17-6-7-19(23)21(17,3)11-9-18(16)20;1-8-3-4-10-12(18-7-8)6-13-14(15(10)17)11(16)5-9(2)19-13/h4,15-18H,5-12H2,1-3H3;5-6,8,17H,3-4,7H2,1-2H3. The summed E-state index contributed by atoms with van der Waals surface area (Å²) >= 11 is 0. The van der Waals surface area contributed by atoms with Gasteiger partial charge < -0.3 is 19.0 Å². The summed E-state index contributed by atoms with van der Waals surface area (Å²) in [5, 5.41) is 10.6. The predicted octanol–water partition coefficient (Wildman–Crippen LogP) is 7.22. The van der Waals surface area contributed by atoms with E-state index < -0.39 is 0 Å². The number of hydrogen-bond donors (Lipinski definition) is 1. The predicted molar refractivity (Wildman–Crippen MR) is 164 cm³/mol. The summed E-state index contributed by atoms with van der Waals surface area (Å²) in [5.74, 6) is 3.93. The molecule has 7 heteroatoms. The van der Waals surface area contributed by atoms with E-state index in [0.29, 0.717) is 65.1 Å². The molecule has 7 nitrogen and oxygen atoms in total. The Balaban J connectivity index is 0.000000157. The molecule has 4 aliphatic carbocycles. The van der Waals surface area contributed by atoms with Gasteiger partial charge in [-0.1, -0.05) is 32.4 Å². The molecule has 2 aromatic rings. The van der Waals surface area contributed by atoms with Gasteiger partial charge in [0.1, 0.15) is 40.1 Å². The van der Waals surface area contributed by atoms with Crippen molar-refractivity contribution in [2.75, 3.05) is 6.61 Å². The molecule has 5 aliphatic rings. The quantitative estimate of drug-likeness (QED) is 0.276. The van der Waals surface area contributed by atoms with Gasteiger partial charge in [0.25, 0.3) is 0 Å². The molecular formula is C36H46O7. The number of esters is 1. The van der Waals surface area contributed by atoms with E-state index in [1.807, 2.05) is 0 Å². The third-order valence-corrected chi connectivity index (χ3v) is 11.7. The first-order valence-corrected chi connectivity index (χ1v) is 16.2. The van der Waals surface area contributed by atoms with E-state index in [9.17, 15) is 19.5 Å². The molecule has 0 bridgehead atoms. The zero-order valence-corrected chi connectivity index (χ0v) is 26.3. The first-order chi connectivity index (χ1) is 20.4. The minimum absolute atomic E-state index is 0.00958. The highest BCUT2D eigenvalue weighted by molar-refractivity contribution is 5.87. The zero-order chi connectivity index (χ0) is 30.7. The summed E-state index contributed by atoms with van der Waals surface area (Å²) in [6, 6.07) is 3.12. The Kier molecular flexibility index (Phi) is 7.75. The van der Waals surface area contributed by atoms with Crippen molar-refractivity contribution in [3.8, 4) is 11.5 Å². The molecule has 0 spiro atoms. The molecule has 1 N–H and O–H groups in total. The van der Waals surface area contributed by atoms with Crippen LogP contribution in [-0.4, -0.2) is 29.6 Å². The van der Waals surface area contributed by atoms with E-state index in [4.69, 9.17) is 13.9 Å². The second-order valence-electron chi connectivity index (χ2n) is 14.4. The molecule has 3 fully saturated rings. The Morgan fingerprint density at radius 1 is 1.02 bits per heavy atom. The molecule has 7 rings (SSSR count). The first kappa shape index (κ1) is 30.0. The number of rotatable bonds is 1. The molecule has 2 heterocycles. The van der Waals surface area contributed by atoms with Gasteiger partial charge >= 0.3 is 5.97 Å². The van der Waals surface area contributed by atoms with Gasteiger partial charge in [0.15, 0.2) is 5.43 Å². The molecule has 7 unspecified atom stereocenters.